The van der Waals surface area contributed by atoms with Crippen molar-refractivity contribution in [3.05, 3.63) is 52.2 Å². The van der Waals surface area contributed by atoms with Gasteiger partial charge in [-0.3, -0.25) is 0 Å². The molecule has 2 aromatic rings. The van der Waals surface area contributed by atoms with Gasteiger partial charge in [0.2, 0.25) is 5.89 Å². The lowest BCUT2D eigenvalue weighted by Gasteiger charge is -2.07. The molecule has 7 heteroatoms. The number of rotatable bonds is 6. The van der Waals surface area contributed by atoms with Gasteiger partial charge >= 0.3 is 0 Å². The van der Waals surface area contributed by atoms with Gasteiger partial charge in [0.15, 0.2) is 5.84 Å². The van der Waals surface area contributed by atoms with Crippen LogP contribution in [0.25, 0.3) is 0 Å². The summed E-state index contributed by atoms with van der Waals surface area (Å²) in [6.07, 6.45) is 2.56. The SMILES string of the molecule is CCc1cnc(CNCc2ccc(/C(N)=N/O)cc2Cl)o1. The maximum Gasteiger partial charge on any atom is 0.208 e. The van der Waals surface area contributed by atoms with Gasteiger partial charge in [-0.25, -0.2) is 4.98 Å². The van der Waals surface area contributed by atoms with Gasteiger partial charge in [0.05, 0.1) is 12.7 Å². The van der Waals surface area contributed by atoms with Gasteiger partial charge in [-0.05, 0) is 11.6 Å². The van der Waals surface area contributed by atoms with Gasteiger partial charge in [-0.15, -0.1) is 0 Å². The standard InChI is InChI=1S/C14H17ClN4O2/c1-2-11-7-18-13(21-11)8-17-6-10-4-3-9(5-12(10)15)14(16)19-20/h3-5,7,17,20H,2,6,8H2,1H3,(H2,16,19). The number of aryl methyl sites for hydroxylation is 1. The van der Waals surface area contributed by atoms with E-state index in [0.717, 1.165) is 17.7 Å². The summed E-state index contributed by atoms with van der Waals surface area (Å²) < 4.78 is 5.50. The molecule has 0 bridgehead atoms. The van der Waals surface area contributed by atoms with Crippen molar-refractivity contribution in [2.45, 2.75) is 26.4 Å². The molecule has 6 nitrogen and oxygen atoms in total. The molecule has 0 spiro atoms. The fourth-order valence-electron chi connectivity index (χ4n) is 1.81. The minimum atomic E-state index is 0.0308. The number of halogens is 1. The van der Waals surface area contributed by atoms with Crippen LogP contribution in [0.4, 0.5) is 0 Å². The highest BCUT2D eigenvalue weighted by atomic mass is 35.5. The molecule has 0 atom stereocenters. The molecule has 1 heterocycles. The number of benzene rings is 1. The molecule has 0 aliphatic rings. The fourth-order valence-corrected chi connectivity index (χ4v) is 2.05. The Morgan fingerprint density at radius 2 is 2.29 bits per heavy atom. The third-order valence-electron chi connectivity index (χ3n) is 3.00. The second kappa shape index (κ2) is 7.10. The highest BCUT2D eigenvalue weighted by Crippen LogP contribution is 2.18. The van der Waals surface area contributed by atoms with Gasteiger partial charge in [0.1, 0.15) is 5.76 Å². The van der Waals surface area contributed by atoms with Crippen molar-refractivity contribution in [1.82, 2.24) is 10.3 Å². The average molecular weight is 309 g/mol. The zero-order valence-corrected chi connectivity index (χ0v) is 12.4. The Morgan fingerprint density at radius 1 is 1.48 bits per heavy atom. The molecule has 0 unspecified atom stereocenters. The number of oxime groups is 1. The van der Waals surface area contributed by atoms with Gasteiger partial charge < -0.3 is 20.7 Å². The van der Waals surface area contributed by atoms with E-state index in [9.17, 15) is 0 Å². The van der Waals surface area contributed by atoms with E-state index in [2.05, 4.69) is 15.5 Å². The maximum absolute atomic E-state index is 8.63. The molecule has 1 aromatic heterocycles. The fraction of sp³-hybridized carbons (Fsp3) is 0.286. The molecule has 0 fully saturated rings. The molecule has 0 aliphatic carbocycles. The predicted molar refractivity (Wildman–Crippen MR) is 80.4 cm³/mol. The molecule has 0 saturated carbocycles. The Hall–Kier alpha value is -2.05. The lowest BCUT2D eigenvalue weighted by Crippen LogP contribution is -2.15. The Labute approximate surface area is 127 Å². The maximum atomic E-state index is 8.63. The lowest BCUT2D eigenvalue weighted by atomic mass is 10.1. The lowest BCUT2D eigenvalue weighted by molar-refractivity contribution is 0.318. The van der Waals surface area contributed by atoms with Crippen molar-refractivity contribution in [2.75, 3.05) is 0 Å². The number of nitrogens with two attached hydrogens (primary N) is 1. The normalized spacial score (nSPS) is 11.8. The Bertz CT molecular complexity index is 640. The third-order valence-corrected chi connectivity index (χ3v) is 3.35. The predicted octanol–water partition coefficient (Wildman–Crippen LogP) is 2.27. The van der Waals surface area contributed by atoms with Gasteiger partial charge in [-0.1, -0.05) is 35.8 Å². The van der Waals surface area contributed by atoms with E-state index in [1.165, 1.54) is 0 Å². The van der Waals surface area contributed by atoms with E-state index < -0.39 is 0 Å². The molecule has 4 N–H and O–H groups in total. The summed E-state index contributed by atoms with van der Waals surface area (Å²) >= 11 is 6.17. The summed E-state index contributed by atoms with van der Waals surface area (Å²) in [4.78, 5) is 4.17. The van der Waals surface area contributed by atoms with Crippen LogP contribution in [0.3, 0.4) is 0 Å². The van der Waals surface area contributed by atoms with Crippen LogP contribution in [0.15, 0.2) is 34.0 Å². The van der Waals surface area contributed by atoms with Crippen molar-refractivity contribution in [2.24, 2.45) is 10.9 Å². The Morgan fingerprint density at radius 3 is 2.90 bits per heavy atom. The van der Waals surface area contributed by atoms with Crippen LogP contribution in [-0.2, 0) is 19.5 Å². The zero-order chi connectivity index (χ0) is 15.2. The van der Waals surface area contributed by atoms with Gasteiger partial charge in [0.25, 0.3) is 0 Å². The molecule has 0 radical (unpaired) electrons. The second-order valence-corrected chi connectivity index (χ2v) is 4.88. The first-order valence-electron chi connectivity index (χ1n) is 6.54. The Kier molecular flexibility index (Phi) is 5.19. The number of nitrogens with one attached hydrogen (secondary N) is 1. The average Bonchev–Trinajstić information content (AvgIpc) is 2.96. The molecule has 0 saturated heterocycles. The first-order chi connectivity index (χ1) is 10.1. The summed E-state index contributed by atoms with van der Waals surface area (Å²) in [6.45, 7) is 3.11. The first kappa shape index (κ1) is 15.3. The van der Waals surface area contributed by atoms with Crippen molar-refractivity contribution >= 4 is 17.4 Å². The van der Waals surface area contributed by atoms with Crippen molar-refractivity contribution in [3.8, 4) is 0 Å². The van der Waals surface area contributed by atoms with E-state index in [-0.39, 0.29) is 5.84 Å². The topological polar surface area (TPSA) is 96.7 Å². The monoisotopic (exact) mass is 308 g/mol. The van der Waals surface area contributed by atoms with Gasteiger partial charge in [-0.2, -0.15) is 0 Å². The Balaban J connectivity index is 1.94. The van der Waals surface area contributed by atoms with Crippen LogP contribution >= 0.6 is 11.6 Å². The molecule has 2 rings (SSSR count). The summed E-state index contributed by atoms with van der Waals surface area (Å²) in [5, 5.41) is 15.3. The van der Waals surface area contributed by atoms with Crippen LogP contribution in [-0.4, -0.2) is 16.0 Å². The second-order valence-electron chi connectivity index (χ2n) is 4.47. The first-order valence-corrected chi connectivity index (χ1v) is 6.92. The van der Waals surface area contributed by atoms with E-state index in [4.69, 9.17) is 27.0 Å². The highest BCUT2D eigenvalue weighted by molar-refractivity contribution is 6.31. The van der Waals surface area contributed by atoms with Crippen molar-refractivity contribution < 1.29 is 9.62 Å². The zero-order valence-electron chi connectivity index (χ0n) is 11.6. The summed E-state index contributed by atoms with van der Waals surface area (Å²) in [5.74, 6) is 1.55. The number of hydrogen-bond acceptors (Lipinski definition) is 5. The van der Waals surface area contributed by atoms with Gasteiger partial charge in [0, 0.05) is 23.6 Å². The summed E-state index contributed by atoms with van der Waals surface area (Å²) in [5.41, 5.74) is 7.00. The van der Waals surface area contributed by atoms with Crippen LogP contribution < -0.4 is 11.1 Å². The van der Waals surface area contributed by atoms with Crippen LogP contribution in [0.1, 0.15) is 29.7 Å². The van der Waals surface area contributed by atoms with Crippen LogP contribution in [0.2, 0.25) is 5.02 Å². The number of oxazole rings is 1. The molecule has 0 aliphatic heterocycles. The largest absolute Gasteiger partial charge is 0.444 e. The molecule has 21 heavy (non-hydrogen) atoms. The summed E-state index contributed by atoms with van der Waals surface area (Å²) in [7, 11) is 0. The molecule has 1 aromatic carbocycles. The van der Waals surface area contributed by atoms with E-state index >= 15 is 0 Å². The van der Waals surface area contributed by atoms with E-state index in [1.54, 1.807) is 18.3 Å². The number of amidine groups is 1. The molecular weight excluding hydrogens is 292 g/mol. The minimum Gasteiger partial charge on any atom is -0.444 e. The van der Waals surface area contributed by atoms with Crippen LogP contribution in [0.5, 0.6) is 0 Å². The molecular formula is C14H17ClN4O2. The highest BCUT2D eigenvalue weighted by Gasteiger charge is 2.06. The van der Waals surface area contributed by atoms with Crippen molar-refractivity contribution in [3.63, 3.8) is 0 Å². The number of nitrogens with zero attached hydrogens (tertiary/aromatic N) is 2. The quantitative estimate of drug-likeness (QED) is 0.329. The molecule has 112 valence electrons. The third kappa shape index (κ3) is 3.96. The van der Waals surface area contributed by atoms with E-state index in [1.807, 2.05) is 13.0 Å². The smallest absolute Gasteiger partial charge is 0.208 e. The van der Waals surface area contributed by atoms with E-state index in [0.29, 0.717) is 29.6 Å². The van der Waals surface area contributed by atoms with Crippen molar-refractivity contribution in [1.29, 1.82) is 0 Å². The van der Waals surface area contributed by atoms with Crippen LogP contribution in [0, 0.1) is 0 Å². The summed E-state index contributed by atoms with van der Waals surface area (Å²) in [6, 6.07) is 5.24. The molecule has 0 amide bonds. The number of hydrogen-bond donors (Lipinski definition) is 3. The number of aromatic nitrogens is 1. The minimum absolute atomic E-state index is 0.0308.